The first kappa shape index (κ1) is 9.02. The van der Waals surface area contributed by atoms with Crippen LogP contribution in [0.4, 0.5) is 0 Å². The van der Waals surface area contributed by atoms with Gasteiger partial charge in [-0.25, -0.2) is 0 Å². The molecule has 0 radical (unpaired) electrons. The summed E-state index contributed by atoms with van der Waals surface area (Å²) in [5.41, 5.74) is 1.15. The van der Waals surface area contributed by atoms with E-state index in [1.807, 2.05) is 32.1 Å². The van der Waals surface area contributed by atoms with Crippen molar-refractivity contribution in [3.8, 4) is 0 Å². The molecule has 0 aromatic rings. The van der Waals surface area contributed by atoms with Crippen LogP contribution in [-0.2, 0) is 4.74 Å². The van der Waals surface area contributed by atoms with Crippen LogP contribution in [0.15, 0.2) is 36.1 Å². The van der Waals surface area contributed by atoms with Gasteiger partial charge in [0.2, 0.25) is 0 Å². The van der Waals surface area contributed by atoms with E-state index in [9.17, 15) is 0 Å². The molecule has 0 rings (SSSR count). The largest absolute Gasteiger partial charge is 0.497 e. The van der Waals surface area contributed by atoms with Gasteiger partial charge in [-0.2, -0.15) is 0 Å². The molecule has 1 heteroatoms. The smallest absolute Gasteiger partial charge is 0.111 e. The summed E-state index contributed by atoms with van der Waals surface area (Å²) in [4.78, 5) is 0. The molecule has 0 bridgehead atoms. The molecular weight excluding hydrogens is 124 g/mol. The molecule has 0 aromatic heterocycles. The van der Waals surface area contributed by atoms with E-state index in [0.717, 1.165) is 5.57 Å². The fraction of sp³-hybridized carbons (Fsp3) is 0.333. The van der Waals surface area contributed by atoms with Crippen LogP contribution in [-0.4, -0.2) is 7.11 Å². The molecule has 0 fully saturated rings. The zero-order valence-electron chi connectivity index (χ0n) is 6.85. The minimum Gasteiger partial charge on any atom is -0.497 e. The average Bonchev–Trinajstić information content (AvgIpc) is 1.88. The van der Waals surface area contributed by atoms with E-state index in [4.69, 9.17) is 4.74 Å². The van der Waals surface area contributed by atoms with E-state index in [0.29, 0.717) is 5.76 Å². The van der Waals surface area contributed by atoms with E-state index in [2.05, 4.69) is 6.58 Å². The zero-order chi connectivity index (χ0) is 7.98. The van der Waals surface area contributed by atoms with Crippen LogP contribution in [0.1, 0.15) is 13.8 Å². The SMILES string of the molecule is C=C(/C=C(C)\C=C\C)OC. The molecule has 0 aromatic carbocycles. The van der Waals surface area contributed by atoms with Crippen molar-refractivity contribution in [1.82, 2.24) is 0 Å². The Morgan fingerprint density at radius 1 is 1.50 bits per heavy atom. The highest BCUT2D eigenvalue weighted by Crippen LogP contribution is 2.01. The van der Waals surface area contributed by atoms with Crippen LogP contribution >= 0.6 is 0 Å². The Morgan fingerprint density at radius 3 is 2.50 bits per heavy atom. The van der Waals surface area contributed by atoms with Crippen LogP contribution in [0.5, 0.6) is 0 Å². The zero-order valence-corrected chi connectivity index (χ0v) is 6.85. The lowest BCUT2D eigenvalue weighted by Crippen LogP contribution is -1.78. The second-order valence-electron chi connectivity index (χ2n) is 2.06. The van der Waals surface area contributed by atoms with Crippen LogP contribution in [0.3, 0.4) is 0 Å². The van der Waals surface area contributed by atoms with Crippen molar-refractivity contribution in [3.05, 3.63) is 36.1 Å². The molecule has 0 N–H and O–H groups in total. The molecule has 0 spiro atoms. The Hall–Kier alpha value is -0.980. The summed E-state index contributed by atoms with van der Waals surface area (Å²) in [5.74, 6) is 0.690. The van der Waals surface area contributed by atoms with E-state index >= 15 is 0 Å². The molecular formula is C9H14O. The minimum absolute atomic E-state index is 0.690. The Balaban J connectivity index is 4.02. The highest BCUT2D eigenvalue weighted by Gasteiger charge is 1.84. The van der Waals surface area contributed by atoms with Crippen molar-refractivity contribution in [2.75, 3.05) is 7.11 Å². The maximum atomic E-state index is 4.86. The summed E-state index contributed by atoms with van der Waals surface area (Å²) in [6.07, 6.45) is 5.87. The summed E-state index contributed by atoms with van der Waals surface area (Å²) in [5, 5.41) is 0. The summed E-state index contributed by atoms with van der Waals surface area (Å²) < 4.78 is 4.86. The lowest BCUT2D eigenvalue weighted by molar-refractivity contribution is 0.308. The van der Waals surface area contributed by atoms with Crippen LogP contribution in [0.25, 0.3) is 0 Å². The van der Waals surface area contributed by atoms with Crippen molar-refractivity contribution in [3.63, 3.8) is 0 Å². The van der Waals surface area contributed by atoms with Gasteiger partial charge >= 0.3 is 0 Å². The molecule has 10 heavy (non-hydrogen) atoms. The predicted octanol–water partition coefficient (Wildman–Crippen LogP) is 2.67. The Bertz CT molecular complexity index is 164. The van der Waals surface area contributed by atoms with Gasteiger partial charge in [-0.05, 0) is 25.5 Å². The van der Waals surface area contributed by atoms with Crippen molar-refractivity contribution in [2.24, 2.45) is 0 Å². The number of ether oxygens (including phenoxy) is 1. The highest BCUT2D eigenvalue weighted by atomic mass is 16.5. The average molecular weight is 138 g/mol. The van der Waals surface area contributed by atoms with Crippen molar-refractivity contribution < 1.29 is 4.74 Å². The number of hydrogen-bond donors (Lipinski definition) is 0. The van der Waals surface area contributed by atoms with Crippen molar-refractivity contribution in [1.29, 1.82) is 0 Å². The molecule has 0 atom stereocenters. The third-order valence-corrected chi connectivity index (χ3v) is 1.08. The van der Waals surface area contributed by atoms with Gasteiger partial charge in [-0.3, -0.25) is 0 Å². The summed E-state index contributed by atoms with van der Waals surface area (Å²) >= 11 is 0. The van der Waals surface area contributed by atoms with Gasteiger partial charge < -0.3 is 4.74 Å². The number of rotatable bonds is 3. The summed E-state index contributed by atoms with van der Waals surface area (Å²) in [6, 6.07) is 0. The van der Waals surface area contributed by atoms with E-state index < -0.39 is 0 Å². The van der Waals surface area contributed by atoms with Crippen LogP contribution in [0, 0.1) is 0 Å². The maximum absolute atomic E-state index is 4.86. The van der Waals surface area contributed by atoms with Crippen LogP contribution < -0.4 is 0 Å². The fourth-order valence-corrected chi connectivity index (χ4v) is 0.624. The normalized spacial score (nSPS) is 12.1. The summed E-state index contributed by atoms with van der Waals surface area (Å²) in [6.45, 7) is 7.65. The second-order valence-corrected chi connectivity index (χ2v) is 2.06. The predicted molar refractivity (Wildman–Crippen MR) is 44.7 cm³/mol. The molecule has 0 aliphatic heterocycles. The first-order valence-corrected chi connectivity index (χ1v) is 3.24. The quantitative estimate of drug-likeness (QED) is 0.430. The van der Waals surface area contributed by atoms with Crippen molar-refractivity contribution in [2.45, 2.75) is 13.8 Å². The lowest BCUT2D eigenvalue weighted by Gasteiger charge is -1.96. The van der Waals surface area contributed by atoms with Gasteiger partial charge in [0.05, 0.1) is 7.11 Å². The standard InChI is InChI=1S/C9H14O/c1-5-6-8(2)7-9(3)10-4/h5-7H,3H2,1-2,4H3/b6-5+,8-7-. The topological polar surface area (TPSA) is 9.23 Å². The monoisotopic (exact) mass is 138 g/mol. The van der Waals surface area contributed by atoms with Crippen LogP contribution in [0.2, 0.25) is 0 Å². The lowest BCUT2D eigenvalue weighted by atomic mass is 10.2. The number of hydrogen-bond acceptors (Lipinski definition) is 1. The Labute approximate surface area is 62.7 Å². The molecule has 0 unspecified atom stereocenters. The molecule has 0 saturated heterocycles. The molecule has 1 nitrogen and oxygen atoms in total. The first-order chi connectivity index (χ1) is 4.70. The van der Waals surface area contributed by atoms with E-state index in [1.165, 1.54) is 0 Å². The number of methoxy groups -OCH3 is 1. The van der Waals surface area contributed by atoms with E-state index in [1.54, 1.807) is 7.11 Å². The Morgan fingerprint density at radius 2 is 2.10 bits per heavy atom. The number of allylic oxidation sites excluding steroid dienone is 4. The molecule has 0 saturated carbocycles. The molecule has 0 aliphatic rings. The van der Waals surface area contributed by atoms with Gasteiger partial charge in [-0.1, -0.05) is 18.7 Å². The van der Waals surface area contributed by atoms with E-state index in [-0.39, 0.29) is 0 Å². The fourth-order valence-electron chi connectivity index (χ4n) is 0.624. The van der Waals surface area contributed by atoms with Gasteiger partial charge in [0.25, 0.3) is 0 Å². The Kier molecular flexibility index (Phi) is 4.38. The highest BCUT2D eigenvalue weighted by molar-refractivity contribution is 5.23. The third kappa shape index (κ3) is 3.96. The van der Waals surface area contributed by atoms with Crippen molar-refractivity contribution >= 4 is 0 Å². The van der Waals surface area contributed by atoms with Gasteiger partial charge in [0.1, 0.15) is 5.76 Å². The van der Waals surface area contributed by atoms with Gasteiger partial charge in [-0.15, -0.1) is 0 Å². The van der Waals surface area contributed by atoms with Gasteiger partial charge in [0, 0.05) is 0 Å². The molecule has 0 heterocycles. The third-order valence-electron chi connectivity index (χ3n) is 1.08. The first-order valence-electron chi connectivity index (χ1n) is 3.24. The molecule has 0 amide bonds. The molecule has 56 valence electrons. The van der Waals surface area contributed by atoms with Gasteiger partial charge in [0.15, 0.2) is 0 Å². The minimum atomic E-state index is 0.690. The maximum Gasteiger partial charge on any atom is 0.111 e. The summed E-state index contributed by atoms with van der Waals surface area (Å²) in [7, 11) is 1.61. The second kappa shape index (κ2) is 4.86. The molecule has 0 aliphatic carbocycles.